The molecule has 0 aromatic carbocycles. The van der Waals surface area contributed by atoms with Gasteiger partial charge in [-0.25, -0.2) is 19.7 Å². The number of hydrogen-bond acceptors (Lipinski definition) is 5. The number of amides is 2. The Labute approximate surface area is 159 Å². The summed E-state index contributed by atoms with van der Waals surface area (Å²) in [6.45, 7) is 5.33. The summed E-state index contributed by atoms with van der Waals surface area (Å²) in [7, 11) is 0. The second kappa shape index (κ2) is 7.94. The lowest BCUT2D eigenvalue weighted by Crippen LogP contribution is -2.53. The number of imidazole rings is 1. The Bertz CT molecular complexity index is 762. The summed E-state index contributed by atoms with van der Waals surface area (Å²) in [5.41, 5.74) is 0. The number of likely N-dealkylation sites (tertiary alicyclic amines) is 1. The van der Waals surface area contributed by atoms with Crippen LogP contribution in [-0.4, -0.2) is 62.2 Å². The molecule has 2 aromatic rings. The Hall–Kier alpha value is -2.64. The molecule has 8 heteroatoms. The average Bonchev–Trinajstić information content (AvgIpc) is 3.32. The first-order valence-corrected chi connectivity index (χ1v) is 9.77. The van der Waals surface area contributed by atoms with Crippen LogP contribution in [0, 0.1) is 6.92 Å². The summed E-state index contributed by atoms with van der Waals surface area (Å²) >= 11 is 0. The molecule has 2 unspecified atom stereocenters. The molecule has 0 saturated carbocycles. The fourth-order valence-electron chi connectivity index (χ4n) is 4.11. The lowest BCUT2D eigenvalue weighted by molar-refractivity contribution is 0.181. The van der Waals surface area contributed by atoms with E-state index in [1.54, 1.807) is 12.4 Å². The van der Waals surface area contributed by atoms with E-state index in [0.717, 1.165) is 63.6 Å². The predicted molar refractivity (Wildman–Crippen MR) is 102 cm³/mol. The molecule has 144 valence electrons. The van der Waals surface area contributed by atoms with E-state index in [0.29, 0.717) is 0 Å². The summed E-state index contributed by atoms with van der Waals surface area (Å²) < 4.78 is 2.13. The molecule has 2 amide bonds. The molecule has 2 aromatic heterocycles. The monoisotopic (exact) mass is 369 g/mol. The number of rotatable bonds is 4. The number of urea groups is 1. The molecule has 0 radical (unpaired) electrons. The first-order chi connectivity index (χ1) is 13.2. The van der Waals surface area contributed by atoms with Crippen molar-refractivity contribution in [1.29, 1.82) is 0 Å². The Morgan fingerprint density at radius 2 is 1.96 bits per heavy atom. The third kappa shape index (κ3) is 4.04. The van der Waals surface area contributed by atoms with Crippen molar-refractivity contribution in [2.75, 3.05) is 24.5 Å². The van der Waals surface area contributed by atoms with Gasteiger partial charge < -0.3 is 19.7 Å². The molecule has 2 saturated heterocycles. The molecular formula is C19H27N7O. The fraction of sp³-hybridized carbons (Fsp3) is 0.579. The first kappa shape index (κ1) is 17.8. The van der Waals surface area contributed by atoms with E-state index in [1.807, 2.05) is 30.3 Å². The molecule has 2 atom stereocenters. The third-order valence-corrected chi connectivity index (χ3v) is 5.55. The Balaban J connectivity index is 1.35. The Kier molecular flexibility index (Phi) is 5.22. The van der Waals surface area contributed by atoms with Crippen LogP contribution in [0.5, 0.6) is 0 Å². The highest BCUT2D eigenvalue weighted by Crippen LogP contribution is 2.21. The quantitative estimate of drug-likeness (QED) is 0.889. The highest BCUT2D eigenvalue weighted by atomic mass is 16.2. The van der Waals surface area contributed by atoms with E-state index >= 15 is 0 Å². The summed E-state index contributed by atoms with van der Waals surface area (Å²) in [6.07, 6.45) is 11.4. The minimum atomic E-state index is 0.0519. The van der Waals surface area contributed by atoms with Gasteiger partial charge in [-0.3, -0.25) is 0 Å². The van der Waals surface area contributed by atoms with E-state index in [-0.39, 0.29) is 18.1 Å². The Morgan fingerprint density at radius 1 is 1.15 bits per heavy atom. The minimum Gasteiger partial charge on any atom is -0.339 e. The molecular weight excluding hydrogens is 342 g/mol. The van der Waals surface area contributed by atoms with Crippen molar-refractivity contribution in [3.05, 3.63) is 36.7 Å². The van der Waals surface area contributed by atoms with Gasteiger partial charge >= 0.3 is 6.03 Å². The van der Waals surface area contributed by atoms with Crippen LogP contribution in [0.2, 0.25) is 0 Å². The van der Waals surface area contributed by atoms with Crippen molar-refractivity contribution in [1.82, 2.24) is 29.7 Å². The van der Waals surface area contributed by atoms with Crippen LogP contribution in [-0.2, 0) is 6.54 Å². The standard InChI is InChI=1S/C19H27N7O/c1-15-20-9-12-24(15)14-17-6-3-11-26(17)19(27)23-16-5-2-10-25(13-16)18-21-7-4-8-22-18/h4,7-9,12,16-17H,2-3,5-6,10-11,13-14H2,1H3,(H,23,27). The van der Waals surface area contributed by atoms with E-state index in [2.05, 4.69) is 29.7 Å². The molecule has 2 aliphatic rings. The molecule has 4 rings (SSSR count). The van der Waals surface area contributed by atoms with Crippen molar-refractivity contribution in [3.8, 4) is 0 Å². The van der Waals surface area contributed by atoms with E-state index in [9.17, 15) is 4.79 Å². The molecule has 4 heterocycles. The van der Waals surface area contributed by atoms with Crippen LogP contribution in [0.25, 0.3) is 0 Å². The van der Waals surface area contributed by atoms with Crippen LogP contribution in [0.15, 0.2) is 30.9 Å². The van der Waals surface area contributed by atoms with Crippen LogP contribution in [0.4, 0.5) is 10.7 Å². The number of nitrogens with one attached hydrogen (secondary N) is 1. The van der Waals surface area contributed by atoms with Gasteiger partial charge in [0.25, 0.3) is 0 Å². The second-order valence-corrected chi connectivity index (χ2v) is 7.40. The maximum absolute atomic E-state index is 12.9. The van der Waals surface area contributed by atoms with E-state index < -0.39 is 0 Å². The number of piperidine rings is 1. The van der Waals surface area contributed by atoms with Gasteiger partial charge in [0.1, 0.15) is 5.82 Å². The smallest absolute Gasteiger partial charge is 0.317 e. The number of carbonyl (C=O) groups is 1. The minimum absolute atomic E-state index is 0.0519. The van der Waals surface area contributed by atoms with Gasteiger partial charge in [0.05, 0.1) is 6.04 Å². The zero-order chi connectivity index (χ0) is 18.6. The van der Waals surface area contributed by atoms with Gasteiger partial charge in [-0.15, -0.1) is 0 Å². The third-order valence-electron chi connectivity index (χ3n) is 5.55. The molecule has 8 nitrogen and oxygen atoms in total. The van der Waals surface area contributed by atoms with Crippen LogP contribution in [0.1, 0.15) is 31.5 Å². The lowest BCUT2D eigenvalue weighted by Gasteiger charge is -2.35. The lowest BCUT2D eigenvalue weighted by atomic mass is 10.1. The van der Waals surface area contributed by atoms with Gasteiger partial charge in [-0.1, -0.05) is 0 Å². The number of anilines is 1. The number of aryl methyl sites for hydroxylation is 1. The fourth-order valence-corrected chi connectivity index (χ4v) is 4.11. The van der Waals surface area contributed by atoms with Crippen LogP contribution < -0.4 is 10.2 Å². The molecule has 0 spiro atoms. The van der Waals surface area contributed by atoms with E-state index in [1.165, 1.54) is 0 Å². The maximum atomic E-state index is 12.9. The van der Waals surface area contributed by atoms with Gasteiger partial charge in [-0.2, -0.15) is 0 Å². The van der Waals surface area contributed by atoms with E-state index in [4.69, 9.17) is 0 Å². The van der Waals surface area contributed by atoms with Crippen molar-refractivity contribution >= 4 is 12.0 Å². The molecule has 1 N–H and O–H groups in total. The molecule has 27 heavy (non-hydrogen) atoms. The highest BCUT2D eigenvalue weighted by molar-refractivity contribution is 5.75. The summed E-state index contributed by atoms with van der Waals surface area (Å²) in [5, 5.41) is 3.25. The van der Waals surface area contributed by atoms with Crippen LogP contribution in [0.3, 0.4) is 0 Å². The van der Waals surface area contributed by atoms with Crippen LogP contribution >= 0.6 is 0 Å². The SMILES string of the molecule is Cc1nccn1CC1CCCN1C(=O)NC1CCCN(c2ncccn2)C1. The second-order valence-electron chi connectivity index (χ2n) is 7.40. The number of carbonyl (C=O) groups excluding carboxylic acids is 1. The Morgan fingerprint density at radius 3 is 2.74 bits per heavy atom. The molecule has 2 aliphatic heterocycles. The zero-order valence-corrected chi connectivity index (χ0v) is 15.8. The largest absolute Gasteiger partial charge is 0.339 e. The van der Waals surface area contributed by atoms with Gasteiger partial charge in [-0.05, 0) is 38.7 Å². The number of hydrogen-bond donors (Lipinski definition) is 1. The molecule has 2 fully saturated rings. The average molecular weight is 369 g/mol. The van der Waals surface area contributed by atoms with Crippen molar-refractivity contribution in [2.45, 2.75) is 51.2 Å². The number of nitrogens with zero attached hydrogens (tertiary/aromatic N) is 6. The summed E-state index contributed by atoms with van der Waals surface area (Å²) in [4.78, 5) is 30.0. The summed E-state index contributed by atoms with van der Waals surface area (Å²) in [6, 6.07) is 2.24. The van der Waals surface area contributed by atoms with Gasteiger partial charge in [0, 0.05) is 57.0 Å². The zero-order valence-electron chi connectivity index (χ0n) is 15.8. The molecule has 0 aliphatic carbocycles. The molecule has 0 bridgehead atoms. The maximum Gasteiger partial charge on any atom is 0.317 e. The van der Waals surface area contributed by atoms with Crippen molar-refractivity contribution < 1.29 is 4.79 Å². The van der Waals surface area contributed by atoms with Gasteiger partial charge in [0.2, 0.25) is 5.95 Å². The predicted octanol–water partition coefficient (Wildman–Crippen LogP) is 1.82. The van der Waals surface area contributed by atoms with Gasteiger partial charge in [0.15, 0.2) is 0 Å². The normalized spacial score (nSPS) is 22.9. The van der Waals surface area contributed by atoms with Crippen molar-refractivity contribution in [2.24, 2.45) is 0 Å². The number of aromatic nitrogens is 4. The first-order valence-electron chi connectivity index (χ1n) is 9.77. The highest BCUT2D eigenvalue weighted by Gasteiger charge is 2.31. The topological polar surface area (TPSA) is 79.2 Å². The van der Waals surface area contributed by atoms with Crippen molar-refractivity contribution in [3.63, 3.8) is 0 Å². The summed E-state index contributed by atoms with van der Waals surface area (Å²) in [5.74, 6) is 1.74.